The number of aromatic amines is 1. The van der Waals surface area contributed by atoms with Crippen LogP contribution in [-0.4, -0.2) is 85.9 Å². The Hall–Kier alpha value is -3.50. The van der Waals surface area contributed by atoms with Gasteiger partial charge in [-0.2, -0.15) is 0 Å². The Balaban J connectivity index is 0.000000145. The lowest BCUT2D eigenvalue weighted by atomic mass is 10.2. The Bertz CT molecular complexity index is 1370. The number of hydrogen-bond acceptors (Lipinski definition) is 12. The van der Waals surface area contributed by atoms with E-state index in [-0.39, 0.29) is 36.6 Å². The SMILES string of the molecule is Nc1ncnc2c1ncn2[C@H]1CC[C@@H](CO)O1.O=c1[nH]cnc2c1ncn2[C@H]1C[C@H](O)[C@@H](CO)O1. The molecular formula is C20H25N9O6. The van der Waals surface area contributed by atoms with Crippen LogP contribution in [0.3, 0.4) is 0 Å². The molecule has 0 amide bonds. The highest BCUT2D eigenvalue weighted by molar-refractivity contribution is 5.81. The van der Waals surface area contributed by atoms with Crippen molar-refractivity contribution in [3.05, 3.63) is 35.7 Å². The Labute approximate surface area is 197 Å². The van der Waals surface area contributed by atoms with Crippen molar-refractivity contribution in [2.75, 3.05) is 18.9 Å². The topological polar surface area (TPSA) is 212 Å². The van der Waals surface area contributed by atoms with E-state index in [1.54, 1.807) is 10.9 Å². The number of nitrogens with one attached hydrogen (secondary N) is 1. The number of imidazole rings is 2. The van der Waals surface area contributed by atoms with Crippen LogP contribution in [0, 0.1) is 0 Å². The highest BCUT2D eigenvalue weighted by Crippen LogP contribution is 2.31. The molecule has 186 valence electrons. The fourth-order valence-electron chi connectivity index (χ4n) is 4.23. The first-order valence-electron chi connectivity index (χ1n) is 11.0. The van der Waals surface area contributed by atoms with Crippen LogP contribution in [0.2, 0.25) is 0 Å². The van der Waals surface area contributed by atoms with Crippen molar-refractivity contribution in [1.82, 2.24) is 39.0 Å². The van der Waals surface area contributed by atoms with Gasteiger partial charge in [-0.1, -0.05) is 0 Å². The molecule has 2 fully saturated rings. The molecule has 2 aliphatic heterocycles. The van der Waals surface area contributed by atoms with E-state index in [0.29, 0.717) is 29.0 Å². The van der Waals surface area contributed by atoms with Gasteiger partial charge >= 0.3 is 0 Å². The molecule has 6 heterocycles. The van der Waals surface area contributed by atoms with Gasteiger partial charge < -0.3 is 35.5 Å². The Morgan fingerprint density at radius 3 is 2.43 bits per heavy atom. The zero-order chi connectivity index (χ0) is 24.5. The molecular weight excluding hydrogens is 462 g/mol. The van der Waals surface area contributed by atoms with E-state index in [9.17, 15) is 9.90 Å². The maximum absolute atomic E-state index is 11.5. The van der Waals surface area contributed by atoms with E-state index in [1.807, 2.05) is 4.57 Å². The molecule has 2 saturated heterocycles. The first-order chi connectivity index (χ1) is 17.0. The summed E-state index contributed by atoms with van der Waals surface area (Å²) in [6.07, 6.45) is 5.73. The summed E-state index contributed by atoms with van der Waals surface area (Å²) in [7, 11) is 0. The summed E-state index contributed by atoms with van der Waals surface area (Å²) >= 11 is 0. The number of nitrogen functional groups attached to an aromatic ring is 1. The van der Waals surface area contributed by atoms with Gasteiger partial charge in [0.15, 0.2) is 22.6 Å². The zero-order valence-corrected chi connectivity index (χ0v) is 18.5. The molecule has 0 aliphatic carbocycles. The Kier molecular flexibility index (Phi) is 6.40. The summed E-state index contributed by atoms with van der Waals surface area (Å²) in [5, 5.41) is 27.7. The standard InChI is InChI=1S/C10H13N5O2.C10H12N4O4/c11-9-8-10(13-4-12-9)15(5-14-8)7-2-1-6(3-16)17-7;15-2-6-5(16)1-7(18-6)14-4-13-8-9(14)11-3-12-10(8)17/h4-7,16H,1-3H2,(H2,11,12,13);3-7,15-16H,1-2H2,(H,11,12,17)/t6-,7+;5-,6+,7+/m00/s1. The van der Waals surface area contributed by atoms with Crippen LogP contribution in [0.4, 0.5) is 5.82 Å². The molecule has 5 atom stereocenters. The fourth-order valence-corrected chi connectivity index (χ4v) is 4.23. The molecule has 6 rings (SSSR count). The van der Waals surface area contributed by atoms with Crippen LogP contribution in [0.25, 0.3) is 22.3 Å². The van der Waals surface area contributed by atoms with Crippen molar-refractivity contribution in [2.24, 2.45) is 0 Å². The van der Waals surface area contributed by atoms with Crippen molar-refractivity contribution in [1.29, 1.82) is 0 Å². The lowest BCUT2D eigenvalue weighted by Crippen LogP contribution is -2.24. The summed E-state index contributed by atoms with van der Waals surface area (Å²) in [6.45, 7) is -0.210. The van der Waals surface area contributed by atoms with Crippen LogP contribution in [-0.2, 0) is 9.47 Å². The molecule has 15 heteroatoms. The van der Waals surface area contributed by atoms with Crippen molar-refractivity contribution in [3.63, 3.8) is 0 Å². The summed E-state index contributed by atoms with van der Waals surface area (Å²) < 4.78 is 14.6. The lowest BCUT2D eigenvalue weighted by molar-refractivity contribution is -0.0432. The highest BCUT2D eigenvalue weighted by atomic mass is 16.5. The van der Waals surface area contributed by atoms with Crippen molar-refractivity contribution >= 4 is 28.1 Å². The molecule has 0 spiro atoms. The minimum atomic E-state index is -0.737. The van der Waals surface area contributed by atoms with Crippen molar-refractivity contribution in [3.8, 4) is 0 Å². The second-order valence-electron chi connectivity index (χ2n) is 8.23. The van der Waals surface area contributed by atoms with E-state index < -0.39 is 18.4 Å². The van der Waals surface area contributed by atoms with Gasteiger partial charge in [0.05, 0.1) is 44.4 Å². The van der Waals surface area contributed by atoms with Gasteiger partial charge in [0.25, 0.3) is 5.56 Å². The number of fused-ring (bicyclic) bond motifs is 2. The number of nitrogens with zero attached hydrogens (tertiary/aromatic N) is 7. The van der Waals surface area contributed by atoms with Crippen LogP contribution in [0.15, 0.2) is 30.1 Å². The smallest absolute Gasteiger partial charge is 0.278 e. The number of aliphatic hydroxyl groups excluding tert-OH is 3. The maximum Gasteiger partial charge on any atom is 0.278 e. The number of H-pyrrole nitrogens is 1. The van der Waals surface area contributed by atoms with Gasteiger partial charge in [-0.15, -0.1) is 0 Å². The van der Waals surface area contributed by atoms with E-state index in [0.717, 1.165) is 12.8 Å². The van der Waals surface area contributed by atoms with Crippen LogP contribution >= 0.6 is 0 Å². The quantitative estimate of drug-likeness (QED) is 0.231. The van der Waals surface area contributed by atoms with Gasteiger partial charge in [-0.05, 0) is 12.8 Å². The summed E-state index contributed by atoms with van der Waals surface area (Å²) in [5.41, 5.74) is 7.27. The molecule has 0 aromatic carbocycles. The molecule has 2 aliphatic rings. The molecule has 0 radical (unpaired) electrons. The predicted octanol–water partition coefficient (Wildman–Crippen LogP) is -1.16. The van der Waals surface area contributed by atoms with E-state index in [2.05, 4.69) is 29.9 Å². The van der Waals surface area contributed by atoms with Crippen molar-refractivity contribution < 1.29 is 24.8 Å². The van der Waals surface area contributed by atoms with Gasteiger partial charge in [-0.3, -0.25) is 13.9 Å². The Morgan fingerprint density at radius 1 is 0.971 bits per heavy atom. The first-order valence-corrected chi connectivity index (χ1v) is 11.0. The van der Waals surface area contributed by atoms with Gasteiger partial charge in [0.2, 0.25) is 0 Å². The molecule has 0 saturated carbocycles. The third-order valence-electron chi connectivity index (χ3n) is 6.05. The van der Waals surface area contributed by atoms with Gasteiger partial charge in [0.1, 0.15) is 30.4 Å². The third kappa shape index (κ3) is 4.35. The number of rotatable bonds is 4. The monoisotopic (exact) mass is 487 g/mol. The minimum Gasteiger partial charge on any atom is -0.394 e. The maximum atomic E-state index is 11.5. The van der Waals surface area contributed by atoms with Crippen LogP contribution < -0.4 is 11.3 Å². The number of nitrogens with two attached hydrogens (primary N) is 1. The summed E-state index contributed by atoms with van der Waals surface area (Å²) in [6, 6.07) is 0. The summed E-state index contributed by atoms with van der Waals surface area (Å²) in [5.74, 6) is 0.366. The Morgan fingerprint density at radius 2 is 1.71 bits per heavy atom. The normalized spacial score (nSPS) is 26.3. The molecule has 0 bridgehead atoms. The third-order valence-corrected chi connectivity index (χ3v) is 6.05. The van der Waals surface area contributed by atoms with E-state index in [1.165, 1.54) is 19.0 Å². The van der Waals surface area contributed by atoms with Gasteiger partial charge in [-0.25, -0.2) is 24.9 Å². The van der Waals surface area contributed by atoms with E-state index >= 15 is 0 Å². The number of aromatic nitrogens is 8. The van der Waals surface area contributed by atoms with Crippen molar-refractivity contribution in [2.45, 2.75) is 50.0 Å². The van der Waals surface area contributed by atoms with Crippen LogP contribution in [0.1, 0.15) is 31.7 Å². The second kappa shape index (κ2) is 9.63. The average molecular weight is 487 g/mol. The predicted molar refractivity (Wildman–Crippen MR) is 120 cm³/mol. The first kappa shape index (κ1) is 23.3. The lowest BCUT2D eigenvalue weighted by Gasteiger charge is -2.13. The molecule has 4 aromatic heterocycles. The highest BCUT2D eigenvalue weighted by Gasteiger charge is 2.35. The molecule has 4 aromatic rings. The second-order valence-corrected chi connectivity index (χ2v) is 8.23. The largest absolute Gasteiger partial charge is 0.394 e. The van der Waals surface area contributed by atoms with Gasteiger partial charge in [0, 0.05) is 6.42 Å². The van der Waals surface area contributed by atoms with E-state index in [4.69, 9.17) is 25.4 Å². The molecule has 15 nitrogen and oxygen atoms in total. The molecule has 35 heavy (non-hydrogen) atoms. The average Bonchev–Trinajstić information content (AvgIpc) is 3.64. The zero-order valence-electron chi connectivity index (χ0n) is 18.5. The van der Waals surface area contributed by atoms with Crippen LogP contribution in [0.5, 0.6) is 0 Å². The minimum absolute atomic E-state index is 0.0419. The molecule has 0 unspecified atom stereocenters. The molecule has 6 N–H and O–H groups in total. The summed E-state index contributed by atoms with van der Waals surface area (Å²) in [4.78, 5) is 34.2. The number of hydrogen-bond donors (Lipinski definition) is 5. The number of anilines is 1. The number of ether oxygens (including phenoxy) is 2. The fraction of sp³-hybridized carbons (Fsp3) is 0.500. The number of aliphatic hydroxyl groups is 3.